The smallest absolute Gasteiger partial charge is 0.276 e. The molecule has 1 aromatic rings. The van der Waals surface area contributed by atoms with Gasteiger partial charge in [-0.3, -0.25) is 4.79 Å². The predicted octanol–water partition coefficient (Wildman–Crippen LogP) is 0.908. The highest BCUT2D eigenvalue weighted by Gasteiger charge is 2.27. The van der Waals surface area contributed by atoms with Crippen LogP contribution in [0, 0.1) is 5.92 Å². The summed E-state index contributed by atoms with van der Waals surface area (Å²) in [5.41, 5.74) is 0.339. The van der Waals surface area contributed by atoms with E-state index in [2.05, 4.69) is 9.68 Å². The lowest BCUT2D eigenvalue weighted by Crippen LogP contribution is -2.43. The van der Waals surface area contributed by atoms with Gasteiger partial charge < -0.3 is 14.5 Å². The molecule has 1 saturated heterocycles. The largest absolute Gasteiger partial charge is 0.393 e. The van der Waals surface area contributed by atoms with Crippen LogP contribution in [0.15, 0.2) is 16.9 Å². The van der Waals surface area contributed by atoms with E-state index in [9.17, 15) is 9.90 Å². The van der Waals surface area contributed by atoms with Gasteiger partial charge in [0, 0.05) is 25.1 Å². The summed E-state index contributed by atoms with van der Waals surface area (Å²) in [6, 6.07) is 1.56. The summed E-state index contributed by atoms with van der Waals surface area (Å²) >= 11 is 0. The van der Waals surface area contributed by atoms with Gasteiger partial charge in [-0.2, -0.15) is 0 Å². The molecule has 2 atom stereocenters. The Balaban J connectivity index is 2.02. The molecule has 1 fully saturated rings. The molecule has 1 N–H and O–H groups in total. The zero-order valence-corrected chi connectivity index (χ0v) is 9.30. The van der Waals surface area contributed by atoms with Gasteiger partial charge in [-0.15, -0.1) is 0 Å². The van der Waals surface area contributed by atoms with E-state index in [0.29, 0.717) is 12.2 Å². The molecular weight excluding hydrogens is 208 g/mol. The van der Waals surface area contributed by atoms with Crippen molar-refractivity contribution in [3.63, 3.8) is 0 Å². The summed E-state index contributed by atoms with van der Waals surface area (Å²) in [4.78, 5) is 13.7. The Hall–Kier alpha value is -1.36. The summed E-state index contributed by atoms with van der Waals surface area (Å²) in [6.45, 7) is 3.10. The standard InChI is InChI=1S/C11H16N2O3/c1-8(14)9-3-2-5-13(7-9)11(15)10-4-6-16-12-10/h4,6,8-9,14H,2-3,5,7H2,1H3. The maximum Gasteiger partial charge on any atom is 0.276 e. The molecule has 0 spiro atoms. The molecule has 2 rings (SSSR count). The molecule has 1 aliphatic heterocycles. The van der Waals surface area contributed by atoms with Gasteiger partial charge in [-0.1, -0.05) is 5.16 Å². The molecule has 5 nitrogen and oxygen atoms in total. The van der Waals surface area contributed by atoms with Crippen molar-refractivity contribution in [2.45, 2.75) is 25.9 Å². The highest BCUT2D eigenvalue weighted by molar-refractivity contribution is 5.92. The number of carbonyl (C=O) groups is 1. The topological polar surface area (TPSA) is 66.6 Å². The van der Waals surface area contributed by atoms with Gasteiger partial charge in [0.05, 0.1) is 6.10 Å². The summed E-state index contributed by atoms with van der Waals surface area (Å²) in [5.74, 6) is 0.0590. The van der Waals surface area contributed by atoms with E-state index in [-0.39, 0.29) is 17.9 Å². The number of hydrogen-bond donors (Lipinski definition) is 1. The van der Waals surface area contributed by atoms with Crippen molar-refractivity contribution < 1.29 is 14.4 Å². The van der Waals surface area contributed by atoms with Gasteiger partial charge >= 0.3 is 0 Å². The van der Waals surface area contributed by atoms with E-state index >= 15 is 0 Å². The molecule has 1 aliphatic rings. The third-order valence-corrected chi connectivity index (χ3v) is 3.08. The van der Waals surface area contributed by atoms with E-state index in [1.807, 2.05) is 0 Å². The molecule has 16 heavy (non-hydrogen) atoms. The molecule has 0 aliphatic carbocycles. The molecule has 2 heterocycles. The van der Waals surface area contributed by atoms with Gasteiger partial charge in [0.25, 0.3) is 5.91 Å². The molecular formula is C11H16N2O3. The highest BCUT2D eigenvalue weighted by atomic mass is 16.5. The number of aliphatic hydroxyl groups is 1. The minimum Gasteiger partial charge on any atom is -0.393 e. The normalized spacial score (nSPS) is 23.1. The van der Waals surface area contributed by atoms with Crippen LogP contribution in [0.2, 0.25) is 0 Å². The first-order valence-electron chi connectivity index (χ1n) is 5.56. The molecule has 0 bridgehead atoms. The van der Waals surface area contributed by atoms with Crippen molar-refractivity contribution in [2.24, 2.45) is 5.92 Å². The molecule has 88 valence electrons. The second kappa shape index (κ2) is 4.65. The van der Waals surface area contributed by atoms with Crippen LogP contribution in [0.25, 0.3) is 0 Å². The lowest BCUT2D eigenvalue weighted by molar-refractivity contribution is 0.0458. The number of rotatable bonds is 2. The Morgan fingerprint density at radius 3 is 3.19 bits per heavy atom. The van der Waals surface area contributed by atoms with Gasteiger partial charge in [-0.05, 0) is 19.8 Å². The van der Waals surface area contributed by atoms with Gasteiger partial charge in [0.15, 0.2) is 5.69 Å². The van der Waals surface area contributed by atoms with Crippen molar-refractivity contribution in [3.05, 3.63) is 18.0 Å². The maximum atomic E-state index is 12.0. The maximum absolute atomic E-state index is 12.0. The highest BCUT2D eigenvalue weighted by Crippen LogP contribution is 2.20. The zero-order chi connectivity index (χ0) is 11.5. The Morgan fingerprint density at radius 2 is 2.56 bits per heavy atom. The average Bonchev–Trinajstić information content (AvgIpc) is 2.81. The van der Waals surface area contributed by atoms with Crippen LogP contribution in [0.4, 0.5) is 0 Å². The van der Waals surface area contributed by atoms with Crippen LogP contribution in [0.3, 0.4) is 0 Å². The number of hydrogen-bond acceptors (Lipinski definition) is 4. The van der Waals surface area contributed by atoms with Crippen molar-refractivity contribution in [3.8, 4) is 0 Å². The number of nitrogens with zero attached hydrogens (tertiary/aromatic N) is 2. The minimum absolute atomic E-state index is 0.112. The number of piperidine rings is 1. The fourth-order valence-corrected chi connectivity index (χ4v) is 2.07. The van der Waals surface area contributed by atoms with Crippen LogP contribution >= 0.6 is 0 Å². The molecule has 1 amide bonds. The number of likely N-dealkylation sites (tertiary alicyclic amines) is 1. The number of aliphatic hydroxyl groups excluding tert-OH is 1. The lowest BCUT2D eigenvalue weighted by Gasteiger charge is -2.33. The zero-order valence-electron chi connectivity index (χ0n) is 9.30. The number of carbonyl (C=O) groups excluding carboxylic acids is 1. The van der Waals surface area contributed by atoms with Crippen molar-refractivity contribution in [1.82, 2.24) is 10.1 Å². The monoisotopic (exact) mass is 224 g/mol. The Morgan fingerprint density at radius 1 is 1.75 bits per heavy atom. The SMILES string of the molecule is CC(O)C1CCCN(C(=O)c2ccon2)C1. The Labute approximate surface area is 94.0 Å². The van der Waals surface area contributed by atoms with Gasteiger partial charge in [0.2, 0.25) is 0 Å². The number of aromatic nitrogens is 1. The molecule has 5 heteroatoms. The van der Waals surface area contributed by atoms with Crippen LogP contribution in [-0.2, 0) is 0 Å². The third kappa shape index (κ3) is 2.24. The van der Waals surface area contributed by atoms with E-state index in [1.54, 1.807) is 17.9 Å². The molecule has 1 aromatic heterocycles. The fraction of sp³-hybridized carbons (Fsp3) is 0.636. The molecule has 0 radical (unpaired) electrons. The summed E-state index contributed by atoms with van der Waals surface area (Å²) in [5, 5.41) is 13.2. The molecule has 0 saturated carbocycles. The quantitative estimate of drug-likeness (QED) is 0.810. The fourth-order valence-electron chi connectivity index (χ4n) is 2.07. The lowest BCUT2D eigenvalue weighted by atomic mass is 9.93. The molecule has 0 aromatic carbocycles. The first-order valence-corrected chi connectivity index (χ1v) is 5.56. The second-order valence-electron chi connectivity index (χ2n) is 4.28. The summed E-state index contributed by atoms with van der Waals surface area (Å²) in [6.07, 6.45) is 2.93. The van der Waals surface area contributed by atoms with Crippen LogP contribution in [-0.4, -0.2) is 40.3 Å². The number of amides is 1. The first kappa shape index (κ1) is 11.1. The van der Waals surface area contributed by atoms with Crippen LogP contribution in [0.1, 0.15) is 30.3 Å². The van der Waals surface area contributed by atoms with Gasteiger partial charge in [-0.25, -0.2) is 0 Å². The van der Waals surface area contributed by atoms with Crippen molar-refractivity contribution in [2.75, 3.05) is 13.1 Å². The third-order valence-electron chi connectivity index (χ3n) is 3.08. The molecule has 2 unspecified atom stereocenters. The van der Waals surface area contributed by atoms with E-state index in [4.69, 9.17) is 0 Å². The van der Waals surface area contributed by atoms with E-state index in [0.717, 1.165) is 19.4 Å². The summed E-state index contributed by atoms with van der Waals surface area (Å²) in [7, 11) is 0. The second-order valence-corrected chi connectivity index (χ2v) is 4.28. The van der Waals surface area contributed by atoms with Gasteiger partial charge in [0.1, 0.15) is 6.26 Å². The first-order chi connectivity index (χ1) is 7.68. The van der Waals surface area contributed by atoms with Crippen LogP contribution in [0.5, 0.6) is 0 Å². The minimum atomic E-state index is -0.368. The summed E-state index contributed by atoms with van der Waals surface area (Å²) < 4.78 is 4.65. The van der Waals surface area contributed by atoms with Crippen LogP contribution < -0.4 is 0 Å². The van der Waals surface area contributed by atoms with E-state index in [1.165, 1.54) is 6.26 Å². The average molecular weight is 224 g/mol. The predicted molar refractivity (Wildman–Crippen MR) is 56.8 cm³/mol. The van der Waals surface area contributed by atoms with Crippen molar-refractivity contribution >= 4 is 5.91 Å². The van der Waals surface area contributed by atoms with Crippen molar-refractivity contribution in [1.29, 1.82) is 0 Å². The van der Waals surface area contributed by atoms with E-state index < -0.39 is 0 Å². The Bertz CT molecular complexity index is 348. The Kier molecular flexibility index (Phi) is 3.24.